The highest BCUT2D eigenvalue weighted by atomic mass is 32.2. The van der Waals surface area contributed by atoms with Crippen molar-refractivity contribution in [3.63, 3.8) is 0 Å². The minimum absolute atomic E-state index is 0.0736. The molecule has 1 heterocycles. The molecule has 122 valence electrons. The fourth-order valence-electron chi connectivity index (χ4n) is 1.96. The number of sulfonamides is 1. The Morgan fingerprint density at radius 3 is 2.55 bits per heavy atom. The first-order valence-electron chi connectivity index (χ1n) is 6.08. The van der Waals surface area contributed by atoms with Crippen LogP contribution in [0.2, 0.25) is 0 Å². The number of nitrogens with one attached hydrogen (secondary N) is 2. The largest absolute Gasteiger partial charge is 0.277 e. The summed E-state index contributed by atoms with van der Waals surface area (Å²) in [4.78, 5) is 12.3. The van der Waals surface area contributed by atoms with Gasteiger partial charge in [-0.15, -0.1) is 4.83 Å². The molecule has 7 nitrogen and oxygen atoms in total. The van der Waals surface area contributed by atoms with Crippen LogP contribution in [-0.4, -0.2) is 34.2 Å². The number of hydrazine groups is 1. The van der Waals surface area contributed by atoms with Gasteiger partial charge in [0.1, 0.15) is 16.5 Å². The van der Waals surface area contributed by atoms with E-state index < -0.39 is 48.2 Å². The predicted molar refractivity (Wildman–Crippen MR) is 71.6 cm³/mol. The molecule has 1 aromatic rings. The van der Waals surface area contributed by atoms with Gasteiger partial charge < -0.3 is 0 Å². The molecule has 1 atom stereocenters. The van der Waals surface area contributed by atoms with Crippen molar-refractivity contribution in [3.8, 4) is 0 Å². The van der Waals surface area contributed by atoms with Crippen molar-refractivity contribution >= 4 is 25.8 Å². The predicted octanol–water partition coefficient (Wildman–Crippen LogP) is -0.291. The Balaban J connectivity index is 2.07. The van der Waals surface area contributed by atoms with Gasteiger partial charge in [0, 0.05) is 0 Å². The van der Waals surface area contributed by atoms with Crippen LogP contribution >= 0.6 is 0 Å². The number of sulfone groups is 1. The summed E-state index contributed by atoms with van der Waals surface area (Å²) in [5, 5.41) is 0. The Morgan fingerprint density at radius 2 is 1.95 bits per heavy atom. The maximum Gasteiger partial charge on any atom is 0.260 e. The average Bonchev–Trinajstić information content (AvgIpc) is 2.79. The van der Waals surface area contributed by atoms with Gasteiger partial charge in [-0.2, -0.15) is 0 Å². The molecule has 2 rings (SSSR count). The fourth-order valence-corrected chi connectivity index (χ4v) is 4.64. The lowest BCUT2D eigenvalue weighted by atomic mass is 10.1. The van der Waals surface area contributed by atoms with Gasteiger partial charge in [-0.05, 0) is 24.6 Å². The van der Waals surface area contributed by atoms with Gasteiger partial charge in [-0.3, -0.25) is 10.2 Å². The van der Waals surface area contributed by atoms with E-state index in [9.17, 15) is 30.4 Å². The Kier molecular flexibility index (Phi) is 4.49. The molecule has 0 aromatic heterocycles. The second-order valence-corrected chi connectivity index (χ2v) is 8.65. The first kappa shape index (κ1) is 16.8. The van der Waals surface area contributed by atoms with Crippen LogP contribution in [0.1, 0.15) is 6.42 Å². The maximum atomic E-state index is 13.4. The van der Waals surface area contributed by atoms with E-state index in [1.807, 2.05) is 5.43 Å². The van der Waals surface area contributed by atoms with Crippen molar-refractivity contribution in [2.24, 2.45) is 5.92 Å². The lowest BCUT2D eigenvalue weighted by Gasteiger charge is -2.11. The minimum atomic E-state index is -4.51. The fraction of sp³-hybridized carbons (Fsp3) is 0.364. The van der Waals surface area contributed by atoms with Gasteiger partial charge in [0.25, 0.3) is 10.0 Å². The highest BCUT2D eigenvalue weighted by Gasteiger charge is 2.33. The smallest absolute Gasteiger partial charge is 0.260 e. The molecule has 11 heteroatoms. The lowest BCUT2D eigenvalue weighted by molar-refractivity contribution is -0.124. The first-order chi connectivity index (χ1) is 10.1. The van der Waals surface area contributed by atoms with Gasteiger partial charge in [0.2, 0.25) is 5.91 Å². The molecular weight excluding hydrogens is 342 g/mol. The number of hydrogen-bond donors (Lipinski definition) is 2. The standard InChI is InChI=1S/C11H12F2N2O5S2/c12-8-1-2-9(13)10(5-8)22(19,20)15-14-11(16)7-3-4-21(17,18)6-7/h1-2,5,7,15H,3-4,6H2,(H,14,16)/t7-/m1/s1. The molecule has 2 N–H and O–H groups in total. The van der Waals surface area contributed by atoms with Crippen LogP contribution in [0.3, 0.4) is 0 Å². The summed E-state index contributed by atoms with van der Waals surface area (Å²) in [5.41, 5.74) is 1.82. The third kappa shape index (κ3) is 3.78. The molecule has 1 aliphatic rings. The van der Waals surface area contributed by atoms with E-state index in [0.29, 0.717) is 12.1 Å². The average molecular weight is 354 g/mol. The topological polar surface area (TPSA) is 109 Å². The number of amides is 1. The molecule has 0 spiro atoms. The van der Waals surface area contributed by atoms with E-state index in [4.69, 9.17) is 0 Å². The van der Waals surface area contributed by atoms with Gasteiger partial charge in [-0.25, -0.2) is 25.6 Å². The van der Waals surface area contributed by atoms with E-state index >= 15 is 0 Å². The number of halogens is 2. The van der Waals surface area contributed by atoms with Gasteiger partial charge in [-0.1, -0.05) is 0 Å². The summed E-state index contributed by atoms with van der Waals surface area (Å²) < 4.78 is 72.5. The van der Waals surface area contributed by atoms with E-state index in [-0.39, 0.29) is 17.9 Å². The Morgan fingerprint density at radius 1 is 1.27 bits per heavy atom. The highest BCUT2D eigenvalue weighted by Crippen LogP contribution is 2.18. The minimum Gasteiger partial charge on any atom is -0.277 e. The molecule has 0 radical (unpaired) electrons. The van der Waals surface area contributed by atoms with Crippen LogP contribution in [0.15, 0.2) is 23.1 Å². The summed E-state index contributed by atoms with van der Waals surface area (Å²) >= 11 is 0. The Labute approximate surface area is 125 Å². The summed E-state index contributed by atoms with van der Waals surface area (Å²) in [6.07, 6.45) is 0.0736. The third-order valence-corrected chi connectivity index (χ3v) is 6.13. The zero-order valence-electron chi connectivity index (χ0n) is 11.0. The molecule has 0 unspecified atom stereocenters. The monoisotopic (exact) mass is 354 g/mol. The van der Waals surface area contributed by atoms with Crippen LogP contribution in [0.4, 0.5) is 8.78 Å². The Hall–Kier alpha value is -1.59. The van der Waals surface area contributed by atoms with Crippen LogP contribution < -0.4 is 10.3 Å². The van der Waals surface area contributed by atoms with Crippen LogP contribution in [0.25, 0.3) is 0 Å². The molecule has 1 fully saturated rings. The highest BCUT2D eigenvalue weighted by molar-refractivity contribution is 7.91. The first-order valence-corrected chi connectivity index (χ1v) is 9.38. The van der Waals surface area contributed by atoms with Crippen LogP contribution in [0.5, 0.6) is 0 Å². The zero-order chi connectivity index (χ0) is 16.5. The summed E-state index contributed by atoms with van der Waals surface area (Å²) in [6, 6.07) is 1.84. The molecule has 1 amide bonds. The van der Waals surface area contributed by atoms with Crippen molar-refractivity contribution in [2.75, 3.05) is 11.5 Å². The molecule has 22 heavy (non-hydrogen) atoms. The molecule has 0 bridgehead atoms. The van der Waals surface area contributed by atoms with Gasteiger partial charge >= 0.3 is 0 Å². The number of hydrogen-bond acceptors (Lipinski definition) is 5. The van der Waals surface area contributed by atoms with E-state index in [1.54, 1.807) is 4.83 Å². The molecule has 1 aliphatic heterocycles. The number of benzene rings is 1. The summed E-state index contributed by atoms with van der Waals surface area (Å²) in [6.45, 7) is 0. The molecule has 1 saturated heterocycles. The van der Waals surface area contributed by atoms with Crippen molar-refractivity contribution in [1.82, 2.24) is 10.3 Å². The van der Waals surface area contributed by atoms with E-state index in [1.165, 1.54) is 0 Å². The third-order valence-electron chi connectivity index (χ3n) is 3.09. The number of carbonyl (C=O) groups excluding carboxylic acids is 1. The van der Waals surface area contributed by atoms with Crippen LogP contribution in [-0.2, 0) is 24.7 Å². The second kappa shape index (κ2) is 5.89. The molecular formula is C11H12F2N2O5S2. The molecule has 0 aliphatic carbocycles. The maximum absolute atomic E-state index is 13.4. The SMILES string of the molecule is O=C(NNS(=O)(=O)c1cc(F)ccc1F)[C@@H]1CCS(=O)(=O)C1. The van der Waals surface area contributed by atoms with E-state index in [0.717, 1.165) is 6.07 Å². The zero-order valence-corrected chi connectivity index (χ0v) is 12.7. The van der Waals surface area contributed by atoms with Crippen molar-refractivity contribution in [3.05, 3.63) is 29.8 Å². The second-order valence-electron chi connectivity index (χ2n) is 4.77. The summed E-state index contributed by atoms with van der Waals surface area (Å²) in [5.74, 6) is -4.42. The quantitative estimate of drug-likeness (QED) is 0.722. The number of rotatable bonds is 4. The lowest BCUT2D eigenvalue weighted by Crippen LogP contribution is -2.45. The summed E-state index contributed by atoms with van der Waals surface area (Å²) in [7, 11) is -7.82. The van der Waals surface area contributed by atoms with Crippen LogP contribution in [0, 0.1) is 17.6 Å². The van der Waals surface area contributed by atoms with Gasteiger partial charge in [0.05, 0.1) is 17.4 Å². The van der Waals surface area contributed by atoms with Crippen molar-refractivity contribution < 1.29 is 30.4 Å². The Bertz CT molecular complexity index is 808. The normalized spacial score (nSPS) is 20.7. The van der Waals surface area contributed by atoms with Gasteiger partial charge in [0.15, 0.2) is 9.84 Å². The van der Waals surface area contributed by atoms with E-state index in [2.05, 4.69) is 0 Å². The van der Waals surface area contributed by atoms with Crippen molar-refractivity contribution in [2.45, 2.75) is 11.3 Å². The van der Waals surface area contributed by atoms with Crippen molar-refractivity contribution in [1.29, 1.82) is 0 Å². The molecule has 1 aromatic carbocycles. The number of carbonyl (C=O) groups is 1. The molecule has 0 saturated carbocycles.